The summed E-state index contributed by atoms with van der Waals surface area (Å²) in [6, 6.07) is 9.78. The first kappa shape index (κ1) is 11.8. The largest absolute Gasteiger partial charge is 0.289 e. The maximum absolute atomic E-state index is 11.9. The van der Waals surface area contributed by atoms with Crippen LogP contribution in [0.1, 0.15) is 26.4 Å². The summed E-state index contributed by atoms with van der Waals surface area (Å²) in [6.45, 7) is 4.07. The maximum atomic E-state index is 11.9. The SMILES string of the molecule is Cc1ccc(C(=O)C=Cc2cccs2)cc1C. The lowest BCUT2D eigenvalue weighted by Gasteiger charge is -2.01. The molecule has 1 aromatic heterocycles. The van der Waals surface area contributed by atoms with Crippen molar-refractivity contribution in [3.63, 3.8) is 0 Å². The number of ketones is 1. The van der Waals surface area contributed by atoms with E-state index in [1.807, 2.05) is 55.6 Å². The van der Waals surface area contributed by atoms with Gasteiger partial charge in [-0.1, -0.05) is 18.2 Å². The number of aryl methyl sites for hydroxylation is 2. The van der Waals surface area contributed by atoms with E-state index in [9.17, 15) is 4.79 Å². The van der Waals surface area contributed by atoms with Gasteiger partial charge in [0.05, 0.1) is 0 Å². The van der Waals surface area contributed by atoms with E-state index in [-0.39, 0.29) is 5.78 Å². The van der Waals surface area contributed by atoms with Crippen molar-refractivity contribution in [3.05, 3.63) is 63.4 Å². The zero-order valence-corrected chi connectivity index (χ0v) is 10.8. The molecule has 2 rings (SSSR count). The van der Waals surface area contributed by atoms with Gasteiger partial charge in [0.25, 0.3) is 0 Å². The smallest absolute Gasteiger partial charge is 0.185 e. The second-order valence-corrected chi connectivity index (χ2v) is 4.99. The zero-order valence-electron chi connectivity index (χ0n) is 9.94. The minimum Gasteiger partial charge on any atom is -0.289 e. The number of hydrogen-bond acceptors (Lipinski definition) is 2. The summed E-state index contributed by atoms with van der Waals surface area (Å²) in [5.74, 6) is 0.0569. The minimum absolute atomic E-state index is 0.0569. The van der Waals surface area contributed by atoms with Gasteiger partial charge in [-0.2, -0.15) is 0 Å². The van der Waals surface area contributed by atoms with E-state index in [1.165, 1.54) is 5.56 Å². The quantitative estimate of drug-likeness (QED) is 0.580. The molecule has 0 aliphatic carbocycles. The molecule has 1 nitrogen and oxygen atoms in total. The molecule has 0 bridgehead atoms. The first-order valence-electron chi connectivity index (χ1n) is 5.50. The van der Waals surface area contributed by atoms with Crippen LogP contribution in [0.4, 0.5) is 0 Å². The van der Waals surface area contributed by atoms with Gasteiger partial charge in [0.1, 0.15) is 0 Å². The topological polar surface area (TPSA) is 17.1 Å². The van der Waals surface area contributed by atoms with E-state index in [4.69, 9.17) is 0 Å². The van der Waals surface area contributed by atoms with E-state index >= 15 is 0 Å². The molecule has 1 heterocycles. The van der Waals surface area contributed by atoms with Crippen molar-refractivity contribution < 1.29 is 4.79 Å². The molecular formula is C15H14OS. The molecule has 2 aromatic rings. The van der Waals surface area contributed by atoms with Crippen LogP contribution in [0.3, 0.4) is 0 Å². The van der Waals surface area contributed by atoms with Crippen LogP contribution < -0.4 is 0 Å². The summed E-state index contributed by atoms with van der Waals surface area (Å²) in [5.41, 5.74) is 3.12. The van der Waals surface area contributed by atoms with E-state index in [0.717, 1.165) is 16.0 Å². The molecule has 0 amide bonds. The highest BCUT2D eigenvalue weighted by atomic mass is 32.1. The fourth-order valence-electron chi connectivity index (χ4n) is 1.53. The Morgan fingerprint density at radius 3 is 2.65 bits per heavy atom. The molecule has 0 saturated heterocycles. The Morgan fingerprint density at radius 2 is 2.00 bits per heavy atom. The van der Waals surface area contributed by atoms with Gasteiger partial charge >= 0.3 is 0 Å². The standard InChI is InChI=1S/C15H14OS/c1-11-5-6-13(10-12(11)2)15(16)8-7-14-4-3-9-17-14/h3-10H,1-2H3. The molecular weight excluding hydrogens is 228 g/mol. The third-order valence-corrected chi connectivity index (χ3v) is 3.57. The number of thiophene rings is 1. The molecule has 0 unspecified atom stereocenters. The summed E-state index contributed by atoms with van der Waals surface area (Å²) in [6.07, 6.45) is 3.50. The monoisotopic (exact) mass is 242 g/mol. The summed E-state index contributed by atoms with van der Waals surface area (Å²) in [7, 11) is 0. The van der Waals surface area contributed by atoms with Crippen molar-refractivity contribution in [1.29, 1.82) is 0 Å². The van der Waals surface area contributed by atoms with Gasteiger partial charge in [-0.25, -0.2) is 0 Å². The molecule has 2 heteroatoms. The second-order valence-electron chi connectivity index (χ2n) is 4.01. The highest BCUT2D eigenvalue weighted by Crippen LogP contribution is 2.13. The molecule has 0 fully saturated rings. The Balaban J connectivity index is 2.17. The fraction of sp³-hybridized carbons (Fsp3) is 0.133. The first-order valence-corrected chi connectivity index (χ1v) is 6.38. The Bertz CT molecular complexity index is 550. The summed E-state index contributed by atoms with van der Waals surface area (Å²) < 4.78 is 0. The van der Waals surface area contributed by atoms with E-state index in [1.54, 1.807) is 17.4 Å². The van der Waals surface area contributed by atoms with Gasteiger partial charge in [0.15, 0.2) is 5.78 Å². The van der Waals surface area contributed by atoms with Crippen LogP contribution in [-0.4, -0.2) is 5.78 Å². The number of benzene rings is 1. The van der Waals surface area contributed by atoms with E-state index in [0.29, 0.717) is 0 Å². The molecule has 0 saturated carbocycles. The molecule has 0 aliphatic rings. The molecule has 1 aromatic carbocycles. The number of carbonyl (C=O) groups is 1. The Morgan fingerprint density at radius 1 is 1.18 bits per heavy atom. The van der Waals surface area contributed by atoms with Crippen LogP contribution in [0, 0.1) is 13.8 Å². The van der Waals surface area contributed by atoms with Crippen LogP contribution in [0.15, 0.2) is 41.8 Å². The van der Waals surface area contributed by atoms with Crippen LogP contribution >= 0.6 is 11.3 Å². The number of carbonyl (C=O) groups excluding carboxylic acids is 1. The summed E-state index contributed by atoms with van der Waals surface area (Å²) >= 11 is 1.63. The third kappa shape index (κ3) is 2.92. The third-order valence-electron chi connectivity index (χ3n) is 2.73. The lowest BCUT2D eigenvalue weighted by molar-refractivity contribution is 0.104. The summed E-state index contributed by atoms with van der Waals surface area (Å²) in [5, 5.41) is 2.00. The second kappa shape index (κ2) is 5.11. The van der Waals surface area contributed by atoms with Crippen molar-refractivity contribution in [2.24, 2.45) is 0 Å². The Labute approximate surface area is 105 Å². The fourth-order valence-corrected chi connectivity index (χ4v) is 2.15. The van der Waals surface area contributed by atoms with Crippen molar-refractivity contribution in [3.8, 4) is 0 Å². The van der Waals surface area contributed by atoms with Crippen LogP contribution in [-0.2, 0) is 0 Å². The van der Waals surface area contributed by atoms with Gasteiger partial charge < -0.3 is 0 Å². The normalized spacial score (nSPS) is 10.9. The lowest BCUT2D eigenvalue weighted by atomic mass is 10.0. The van der Waals surface area contributed by atoms with Gasteiger partial charge in [-0.3, -0.25) is 4.79 Å². The van der Waals surface area contributed by atoms with Crippen LogP contribution in [0.2, 0.25) is 0 Å². The highest BCUT2D eigenvalue weighted by Gasteiger charge is 2.03. The number of allylic oxidation sites excluding steroid dienone is 1. The average molecular weight is 242 g/mol. The van der Waals surface area contributed by atoms with Crippen LogP contribution in [0.25, 0.3) is 6.08 Å². The molecule has 0 N–H and O–H groups in total. The summed E-state index contributed by atoms with van der Waals surface area (Å²) in [4.78, 5) is 13.0. The molecule has 0 atom stereocenters. The number of rotatable bonds is 3. The Kier molecular flexibility index (Phi) is 3.55. The molecule has 0 spiro atoms. The van der Waals surface area contributed by atoms with E-state index < -0.39 is 0 Å². The van der Waals surface area contributed by atoms with Crippen molar-refractivity contribution >= 4 is 23.2 Å². The maximum Gasteiger partial charge on any atom is 0.185 e. The molecule has 0 aliphatic heterocycles. The van der Waals surface area contributed by atoms with Gasteiger partial charge in [0, 0.05) is 10.4 Å². The van der Waals surface area contributed by atoms with Gasteiger partial charge in [-0.05, 0) is 54.6 Å². The molecule has 0 radical (unpaired) electrons. The Hall–Kier alpha value is -1.67. The van der Waals surface area contributed by atoms with Crippen molar-refractivity contribution in [2.75, 3.05) is 0 Å². The minimum atomic E-state index is 0.0569. The predicted molar refractivity (Wildman–Crippen MR) is 73.6 cm³/mol. The zero-order chi connectivity index (χ0) is 12.3. The average Bonchev–Trinajstić information content (AvgIpc) is 2.82. The van der Waals surface area contributed by atoms with Crippen molar-refractivity contribution in [1.82, 2.24) is 0 Å². The van der Waals surface area contributed by atoms with E-state index in [2.05, 4.69) is 0 Å². The predicted octanol–water partition coefficient (Wildman–Crippen LogP) is 4.26. The molecule has 17 heavy (non-hydrogen) atoms. The highest BCUT2D eigenvalue weighted by molar-refractivity contribution is 7.10. The van der Waals surface area contributed by atoms with Crippen LogP contribution in [0.5, 0.6) is 0 Å². The van der Waals surface area contributed by atoms with Crippen molar-refractivity contribution in [2.45, 2.75) is 13.8 Å². The van der Waals surface area contributed by atoms with Gasteiger partial charge in [0.2, 0.25) is 0 Å². The van der Waals surface area contributed by atoms with Gasteiger partial charge in [-0.15, -0.1) is 11.3 Å². The number of hydrogen-bond donors (Lipinski definition) is 0. The first-order chi connectivity index (χ1) is 8.16. The molecule has 86 valence electrons. The lowest BCUT2D eigenvalue weighted by Crippen LogP contribution is -1.95.